The lowest BCUT2D eigenvalue weighted by Gasteiger charge is -2.27. The molecule has 4 heterocycles. The summed E-state index contributed by atoms with van der Waals surface area (Å²) in [6.45, 7) is -0.538. The van der Waals surface area contributed by atoms with Crippen molar-refractivity contribution in [2.45, 2.75) is 36.9 Å². The zero-order valence-electron chi connectivity index (χ0n) is 19.3. The van der Waals surface area contributed by atoms with Gasteiger partial charge in [0, 0.05) is 18.2 Å². The molecule has 3 atom stereocenters. The zero-order valence-corrected chi connectivity index (χ0v) is 20.0. The van der Waals surface area contributed by atoms with Gasteiger partial charge >= 0.3 is 11.9 Å². The molecular formula is C23H19ClFN5O8. The molecule has 4 N–H and O–H groups in total. The second-order valence-electron chi connectivity index (χ2n) is 8.67. The van der Waals surface area contributed by atoms with E-state index < -0.39 is 49.1 Å². The first-order valence-corrected chi connectivity index (χ1v) is 11.5. The van der Waals surface area contributed by atoms with E-state index in [1.165, 1.54) is 35.2 Å². The maximum atomic E-state index is 15.0. The number of aldehydes is 1. The van der Waals surface area contributed by atoms with Gasteiger partial charge in [-0.3, -0.25) is 9.36 Å². The summed E-state index contributed by atoms with van der Waals surface area (Å²) in [7, 11) is 0. The summed E-state index contributed by atoms with van der Waals surface area (Å²) in [4.78, 5) is 47.2. The van der Waals surface area contributed by atoms with Gasteiger partial charge < -0.3 is 29.8 Å². The van der Waals surface area contributed by atoms with Gasteiger partial charge in [-0.15, -0.1) is 0 Å². The molecule has 0 radical (unpaired) electrons. The standard InChI is InChI=1S/C23H19ClFN5O8/c24-22-28-17(26)16-18(29-22)30(9-27-16)19-14(25)5-13(38-19)8-36-23(20(32)33,21(34)35)6-10-1-2-15-11(3-10)4-12(7-31)37-15/h1-4,7,9,13-14,19H,5-6,8H2,(H,32,33)(H,34,35)(H2,26,28,29). The summed E-state index contributed by atoms with van der Waals surface area (Å²) in [6, 6.07) is 5.89. The van der Waals surface area contributed by atoms with Crippen molar-refractivity contribution in [2.75, 3.05) is 12.3 Å². The molecule has 4 aromatic rings. The van der Waals surface area contributed by atoms with E-state index >= 15 is 0 Å². The Hall–Kier alpha value is -4.14. The van der Waals surface area contributed by atoms with Gasteiger partial charge in [0.25, 0.3) is 5.60 Å². The Morgan fingerprint density at radius 3 is 2.76 bits per heavy atom. The van der Waals surface area contributed by atoms with Gasteiger partial charge in [-0.1, -0.05) is 6.07 Å². The lowest BCUT2D eigenvalue weighted by atomic mass is 9.93. The highest BCUT2D eigenvalue weighted by Gasteiger charge is 2.50. The second kappa shape index (κ2) is 9.63. The highest BCUT2D eigenvalue weighted by molar-refractivity contribution is 6.28. The maximum Gasteiger partial charge on any atom is 0.348 e. The molecule has 0 aliphatic carbocycles. The summed E-state index contributed by atoms with van der Waals surface area (Å²) in [5.74, 6) is -3.44. The van der Waals surface area contributed by atoms with Crippen molar-refractivity contribution in [1.82, 2.24) is 19.5 Å². The number of benzene rings is 1. The average molecular weight is 548 g/mol. The number of rotatable bonds is 9. The second-order valence-corrected chi connectivity index (χ2v) is 9.00. The topological polar surface area (TPSA) is 193 Å². The Balaban J connectivity index is 1.36. The van der Waals surface area contributed by atoms with Crippen molar-refractivity contribution in [3.63, 3.8) is 0 Å². The number of ether oxygens (including phenoxy) is 2. The lowest BCUT2D eigenvalue weighted by molar-refractivity contribution is -0.188. The van der Waals surface area contributed by atoms with Crippen LogP contribution in [0.2, 0.25) is 5.28 Å². The van der Waals surface area contributed by atoms with Gasteiger partial charge in [-0.25, -0.2) is 19.0 Å². The average Bonchev–Trinajstić information content (AvgIpc) is 3.57. The maximum absolute atomic E-state index is 15.0. The van der Waals surface area contributed by atoms with Crippen molar-refractivity contribution in [3.05, 3.63) is 47.2 Å². The number of nitrogen functional groups attached to an aromatic ring is 1. The van der Waals surface area contributed by atoms with Crippen LogP contribution in [-0.4, -0.2) is 72.4 Å². The molecule has 5 rings (SSSR count). The van der Waals surface area contributed by atoms with Crippen LogP contribution in [-0.2, 0) is 25.5 Å². The molecule has 1 aliphatic heterocycles. The summed E-state index contributed by atoms with van der Waals surface area (Å²) < 4.78 is 32.7. The molecule has 1 fully saturated rings. The van der Waals surface area contributed by atoms with E-state index in [2.05, 4.69) is 15.0 Å². The number of carboxylic acids is 2. The molecular weight excluding hydrogens is 529 g/mol. The Morgan fingerprint density at radius 1 is 1.29 bits per heavy atom. The Morgan fingerprint density at radius 2 is 2.05 bits per heavy atom. The highest BCUT2D eigenvalue weighted by Crippen LogP contribution is 2.35. The van der Waals surface area contributed by atoms with Crippen LogP contribution in [0, 0.1) is 0 Å². The fourth-order valence-corrected chi connectivity index (χ4v) is 4.54. The summed E-state index contributed by atoms with van der Waals surface area (Å²) in [5, 5.41) is 20.1. The van der Waals surface area contributed by atoms with Crippen molar-refractivity contribution in [1.29, 1.82) is 0 Å². The van der Waals surface area contributed by atoms with Crippen molar-refractivity contribution in [2.24, 2.45) is 0 Å². The smallest absolute Gasteiger partial charge is 0.348 e. The van der Waals surface area contributed by atoms with E-state index in [9.17, 15) is 29.0 Å². The molecule has 15 heteroatoms. The molecule has 1 aromatic carbocycles. The number of anilines is 1. The molecule has 1 saturated heterocycles. The molecule has 198 valence electrons. The molecule has 13 nitrogen and oxygen atoms in total. The minimum absolute atomic E-state index is 0.00395. The predicted octanol–water partition coefficient (Wildman–Crippen LogP) is 2.41. The van der Waals surface area contributed by atoms with Gasteiger partial charge in [-0.05, 0) is 35.4 Å². The fraction of sp³-hybridized carbons (Fsp3) is 0.304. The van der Waals surface area contributed by atoms with Gasteiger partial charge in [0.1, 0.15) is 17.3 Å². The van der Waals surface area contributed by atoms with Crippen LogP contribution >= 0.6 is 11.6 Å². The SMILES string of the molecule is Nc1nc(Cl)nc2c1ncn2C1OC(COC(Cc2ccc3oc(C=O)cc3c2)(C(=O)O)C(=O)O)CC1F. The fourth-order valence-electron chi connectivity index (χ4n) is 4.37. The van der Waals surface area contributed by atoms with Crippen molar-refractivity contribution in [3.8, 4) is 0 Å². The highest BCUT2D eigenvalue weighted by atomic mass is 35.5. The van der Waals surface area contributed by atoms with E-state index in [0.717, 1.165) is 0 Å². The van der Waals surface area contributed by atoms with Gasteiger partial charge in [0.05, 0.1) is 19.0 Å². The zero-order chi connectivity index (χ0) is 27.2. The number of hydrogen-bond donors (Lipinski definition) is 3. The number of furan rings is 1. The number of imidazole rings is 1. The molecule has 0 spiro atoms. The van der Waals surface area contributed by atoms with Crippen LogP contribution < -0.4 is 5.73 Å². The molecule has 0 amide bonds. The summed E-state index contributed by atoms with van der Waals surface area (Å²) in [5.41, 5.74) is 4.08. The van der Waals surface area contributed by atoms with E-state index in [4.69, 9.17) is 31.2 Å². The third-order valence-electron chi connectivity index (χ3n) is 6.20. The van der Waals surface area contributed by atoms with Crippen LogP contribution in [0.5, 0.6) is 0 Å². The van der Waals surface area contributed by atoms with Crippen LogP contribution in [0.15, 0.2) is 35.0 Å². The Kier molecular flexibility index (Phi) is 6.46. The van der Waals surface area contributed by atoms with E-state index in [1.807, 2.05) is 0 Å². The minimum atomic E-state index is -2.70. The van der Waals surface area contributed by atoms with Crippen LogP contribution in [0.25, 0.3) is 22.1 Å². The van der Waals surface area contributed by atoms with E-state index in [-0.39, 0.29) is 34.4 Å². The van der Waals surface area contributed by atoms with Gasteiger partial charge in [0.2, 0.25) is 5.28 Å². The molecule has 0 saturated carbocycles. The van der Waals surface area contributed by atoms with Crippen LogP contribution in [0.4, 0.5) is 10.2 Å². The minimum Gasteiger partial charge on any atom is -0.479 e. The van der Waals surface area contributed by atoms with Crippen LogP contribution in [0.1, 0.15) is 28.8 Å². The number of carboxylic acid groups (broad SMARTS) is 2. The Bertz CT molecular complexity index is 1560. The number of aromatic nitrogens is 4. The first-order chi connectivity index (χ1) is 18.1. The lowest BCUT2D eigenvalue weighted by Crippen LogP contribution is -2.52. The number of carbonyl (C=O) groups excluding carboxylic acids is 1. The Labute approximate surface area is 216 Å². The van der Waals surface area contributed by atoms with Crippen molar-refractivity contribution < 1.29 is 42.9 Å². The molecule has 38 heavy (non-hydrogen) atoms. The van der Waals surface area contributed by atoms with Crippen molar-refractivity contribution >= 4 is 57.8 Å². The number of fused-ring (bicyclic) bond motifs is 2. The summed E-state index contributed by atoms with van der Waals surface area (Å²) in [6.07, 6.45) is -2.82. The third-order valence-corrected chi connectivity index (χ3v) is 6.37. The monoisotopic (exact) mass is 547 g/mol. The number of nitrogens with zero attached hydrogens (tertiary/aromatic N) is 4. The number of halogens is 2. The van der Waals surface area contributed by atoms with E-state index in [0.29, 0.717) is 22.8 Å². The predicted molar refractivity (Wildman–Crippen MR) is 127 cm³/mol. The normalized spacial score (nSPS) is 19.8. The molecule has 3 unspecified atom stereocenters. The quantitative estimate of drug-likeness (QED) is 0.157. The third kappa shape index (κ3) is 4.42. The number of alkyl halides is 1. The molecule has 1 aliphatic rings. The van der Waals surface area contributed by atoms with E-state index in [1.54, 1.807) is 0 Å². The number of nitrogens with two attached hydrogens (primary N) is 1. The summed E-state index contributed by atoms with van der Waals surface area (Å²) >= 11 is 5.86. The molecule has 3 aromatic heterocycles. The number of aliphatic carboxylic acids is 2. The van der Waals surface area contributed by atoms with Gasteiger partial charge in [-0.2, -0.15) is 9.97 Å². The first kappa shape index (κ1) is 25.5. The first-order valence-electron chi connectivity index (χ1n) is 11.1. The molecule has 0 bridgehead atoms. The van der Waals surface area contributed by atoms with Gasteiger partial charge in [0.15, 0.2) is 29.7 Å². The largest absolute Gasteiger partial charge is 0.479 e. The van der Waals surface area contributed by atoms with Crippen LogP contribution in [0.3, 0.4) is 0 Å². The number of hydrogen-bond acceptors (Lipinski definition) is 10. The number of carbonyl (C=O) groups is 3.